The fraction of sp³-hybridized carbons (Fsp3) is 0.118. The summed E-state index contributed by atoms with van der Waals surface area (Å²) in [7, 11) is 5.48. The molecule has 0 saturated carbocycles. The van der Waals surface area contributed by atoms with E-state index in [-0.39, 0.29) is 11.5 Å². The molecule has 1 N–H and O–H groups in total. The van der Waals surface area contributed by atoms with Gasteiger partial charge in [-0.05, 0) is 12.1 Å². The zero-order valence-corrected chi connectivity index (χ0v) is 16.5. The Morgan fingerprint density at radius 3 is 2.18 bits per heavy atom. The summed E-state index contributed by atoms with van der Waals surface area (Å²) < 4.78 is 5.61. The van der Waals surface area contributed by atoms with Crippen LogP contribution in [0.4, 0.5) is 0 Å². The Labute approximate surface area is 139 Å². The van der Waals surface area contributed by atoms with Gasteiger partial charge in [-0.1, -0.05) is 42.5 Å². The number of halogens is 1. The number of para-hydroxylation sites is 1. The fourth-order valence-electron chi connectivity index (χ4n) is 1.92. The second kappa shape index (κ2) is 7.70. The predicted octanol–water partition coefficient (Wildman–Crippen LogP) is 4.37. The van der Waals surface area contributed by atoms with Crippen LogP contribution in [-0.4, -0.2) is 23.7 Å². The number of aromatic hydroxyl groups is 1. The quantitative estimate of drug-likeness (QED) is 0.591. The third-order valence-corrected chi connectivity index (χ3v) is 2.81. The van der Waals surface area contributed by atoms with Crippen molar-refractivity contribution in [3.05, 3.63) is 64.8 Å². The molecule has 3 nitrogen and oxygen atoms in total. The van der Waals surface area contributed by atoms with E-state index in [2.05, 4.69) is 9.88 Å². The third kappa shape index (κ3) is 4.05. The molecule has 0 aliphatic rings. The Morgan fingerprint density at radius 2 is 1.55 bits per heavy atom. The van der Waals surface area contributed by atoms with Gasteiger partial charge in [-0.15, -0.1) is 0 Å². The van der Waals surface area contributed by atoms with E-state index in [1.54, 1.807) is 36.4 Å². The van der Waals surface area contributed by atoms with Crippen LogP contribution < -0.4 is 5.43 Å². The molecular formula is C17H17ClO3Sn. The molecular weight excluding hydrogens is 406 g/mol. The maximum atomic E-state index is 12.0. The maximum absolute atomic E-state index is 12.0. The zero-order valence-electron chi connectivity index (χ0n) is 12.4. The fourth-order valence-corrected chi connectivity index (χ4v) is 1.92. The van der Waals surface area contributed by atoms with E-state index in [0.29, 0.717) is 16.5 Å². The first kappa shape index (κ1) is 16.9. The molecule has 3 rings (SSSR count). The Hall–Kier alpha value is -1.46. The average Bonchev–Trinajstić information content (AvgIpc) is 2.51. The van der Waals surface area contributed by atoms with Crippen molar-refractivity contribution in [2.24, 2.45) is 0 Å². The molecule has 0 amide bonds. The molecule has 0 spiro atoms. The monoisotopic (exact) mass is 424 g/mol. The van der Waals surface area contributed by atoms with Crippen molar-refractivity contribution in [1.29, 1.82) is 0 Å². The van der Waals surface area contributed by atoms with Crippen LogP contribution in [-0.2, 0) is 0 Å². The van der Waals surface area contributed by atoms with Crippen molar-refractivity contribution in [3.63, 3.8) is 0 Å². The Kier molecular flexibility index (Phi) is 5.91. The average molecular weight is 423 g/mol. The van der Waals surface area contributed by atoms with Crippen LogP contribution in [0.15, 0.2) is 63.8 Å². The predicted molar refractivity (Wildman–Crippen MR) is 94.3 cm³/mol. The standard InChI is InChI=1S/C15H10O3.2CH3.ClH.Sn.H/c16-13-11-8-4-5-9-12(11)18-15(14(13)17)10-6-2-1-3-7-10;;;;;/h1-9,17H;2*1H3;1H;;/q;;;;+1;/p-1. The van der Waals surface area contributed by atoms with Gasteiger partial charge in [-0.3, -0.25) is 4.79 Å². The van der Waals surface area contributed by atoms with Crippen molar-refractivity contribution >= 4 is 38.5 Å². The molecule has 22 heavy (non-hydrogen) atoms. The van der Waals surface area contributed by atoms with Gasteiger partial charge in [-0.2, -0.15) is 0 Å². The molecule has 0 aliphatic heterocycles. The summed E-state index contributed by atoms with van der Waals surface area (Å²) in [6, 6.07) is 15.9. The summed E-state index contributed by atoms with van der Waals surface area (Å²) in [6.45, 7) is 0. The van der Waals surface area contributed by atoms with Crippen molar-refractivity contribution in [1.82, 2.24) is 0 Å². The van der Waals surface area contributed by atoms with E-state index >= 15 is 0 Å². The first-order chi connectivity index (χ1) is 10.5. The topological polar surface area (TPSA) is 50.4 Å². The first-order valence-electron chi connectivity index (χ1n) is 6.95. The number of rotatable bonds is 1. The molecule has 0 bridgehead atoms. The third-order valence-electron chi connectivity index (χ3n) is 2.81. The SMILES string of the molecule is O=c1c(O)c(-c2ccccc2)oc2ccccc12.[CH3][SnH]([CH3])[Cl]. The van der Waals surface area contributed by atoms with E-state index < -0.39 is 24.1 Å². The zero-order chi connectivity index (χ0) is 16.1. The van der Waals surface area contributed by atoms with Crippen LogP contribution in [0.1, 0.15) is 0 Å². The van der Waals surface area contributed by atoms with Crippen molar-refractivity contribution in [2.75, 3.05) is 0 Å². The van der Waals surface area contributed by atoms with E-state index in [4.69, 9.17) is 13.3 Å². The van der Waals surface area contributed by atoms with Gasteiger partial charge in [0.15, 0.2) is 5.76 Å². The second-order valence-electron chi connectivity index (χ2n) is 4.98. The second-order valence-corrected chi connectivity index (χ2v) is 16.6. The van der Waals surface area contributed by atoms with Crippen molar-refractivity contribution < 1.29 is 9.52 Å². The molecule has 2 aromatic carbocycles. The van der Waals surface area contributed by atoms with Crippen LogP contribution in [0.3, 0.4) is 0 Å². The molecule has 0 fully saturated rings. The molecule has 5 heteroatoms. The summed E-state index contributed by atoms with van der Waals surface area (Å²) in [5.74, 6) is -0.140. The van der Waals surface area contributed by atoms with Gasteiger partial charge >= 0.3 is 37.4 Å². The molecule has 0 aliphatic carbocycles. The summed E-state index contributed by atoms with van der Waals surface area (Å²) in [5, 5.41) is 10.3. The van der Waals surface area contributed by atoms with Crippen LogP contribution in [0.2, 0.25) is 9.88 Å². The molecule has 1 heterocycles. The molecule has 0 atom stereocenters. The number of benzene rings is 2. The van der Waals surface area contributed by atoms with Gasteiger partial charge in [0.25, 0.3) is 0 Å². The van der Waals surface area contributed by atoms with E-state index in [1.165, 1.54) is 0 Å². The Bertz CT molecular complexity index is 810. The van der Waals surface area contributed by atoms with Gasteiger partial charge in [-0.25, -0.2) is 0 Å². The minimum atomic E-state index is -1.16. The van der Waals surface area contributed by atoms with Gasteiger partial charge in [0, 0.05) is 5.56 Å². The van der Waals surface area contributed by atoms with Gasteiger partial charge in [0.1, 0.15) is 5.58 Å². The molecule has 0 unspecified atom stereocenters. The summed E-state index contributed by atoms with van der Waals surface area (Å²) in [4.78, 5) is 16.3. The van der Waals surface area contributed by atoms with Crippen LogP contribution >= 0.6 is 8.92 Å². The molecule has 114 valence electrons. The van der Waals surface area contributed by atoms with Crippen molar-refractivity contribution in [3.8, 4) is 17.1 Å². The van der Waals surface area contributed by atoms with Gasteiger partial charge in [0.05, 0.1) is 5.39 Å². The van der Waals surface area contributed by atoms with Gasteiger partial charge < -0.3 is 9.52 Å². The molecule has 0 radical (unpaired) electrons. The van der Waals surface area contributed by atoms with Crippen LogP contribution in [0.25, 0.3) is 22.3 Å². The number of hydrogen-bond donors (Lipinski definition) is 1. The van der Waals surface area contributed by atoms with E-state index in [1.807, 2.05) is 18.2 Å². The molecule has 3 aromatic rings. The van der Waals surface area contributed by atoms with Crippen LogP contribution in [0, 0.1) is 0 Å². The molecule has 0 saturated heterocycles. The number of fused-ring (bicyclic) bond motifs is 1. The minimum absolute atomic E-state index is 0.208. The summed E-state index contributed by atoms with van der Waals surface area (Å²) in [6.07, 6.45) is 0. The summed E-state index contributed by atoms with van der Waals surface area (Å²) in [5.41, 5.74) is 0.743. The normalized spacial score (nSPS) is 10.4. The van der Waals surface area contributed by atoms with E-state index in [0.717, 1.165) is 0 Å². The van der Waals surface area contributed by atoms with Crippen LogP contribution in [0.5, 0.6) is 5.75 Å². The Morgan fingerprint density at radius 1 is 1.00 bits per heavy atom. The first-order valence-corrected chi connectivity index (χ1v) is 17.7. The number of hydrogen-bond acceptors (Lipinski definition) is 3. The van der Waals surface area contributed by atoms with E-state index in [9.17, 15) is 9.90 Å². The summed E-state index contributed by atoms with van der Waals surface area (Å²) >= 11 is -1.16. The van der Waals surface area contributed by atoms with Gasteiger partial charge in [0.2, 0.25) is 11.2 Å². The van der Waals surface area contributed by atoms with Crippen molar-refractivity contribution in [2.45, 2.75) is 9.88 Å². The molecule has 1 aromatic heterocycles. The Balaban J connectivity index is 0.000000396.